The minimum Gasteiger partial charge on any atom is -0.497 e. The number of amides is 1. The second kappa shape index (κ2) is 9.73. The van der Waals surface area contributed by atoms with E-state index in [1.165, 1.54) is 37.7 Å². The Hall–Kier alpha value is -5.13. The van der Waals surface area contributed by atoms with Crippen LogP contribution in [-0.2, 0) is 6.18 Å². The lowest BCUT2D eigenvalue weighted by molar-refractivity contribution is -0.137. The van der Waals surface area contributed by atoms with Crippen LogP contribution in [0.3, 0.4) is 0 Å². The fourth-order valence-corrected chi connectivity index (χ4v) is 3.85. The second-order valence-corrected chi connectivity index (χ2v) is 8.17. The molecule has 2 heterocycles. The van der Waals surface area contributed by atoms with Crippen molar-refractivity contribution < 1.29 is 22.7 Å². The molecule has 5 rings (SSSR count). The number of halogens is 3. The number of anilines is 4. The molecule has 0 fully saturated rings. The van der Waals surface area contributed by atoms with Crippen LogP contribution in [-0.4, -0.2) is 32.5 Å². The molecule has 0 saturated heterocycles. The predicted molar refractivity (Wildman–Crippen MR) is 137 cm³/mol. The number of hydrogen-bond acceptors (Lipinski definition) is 7. The van der Waals surface area contributed by atoms with Crippen molar-refractivity contribution in [2.45, 2.75) is 6.18 Å². The number of alkyl halides is 3. The summed E-state index contributed by atoms with van der Waals surface area (Å²) < 4.78 is 46.3. The number of fused-ring (bicyclic) bond motifs is 1. The zero-order valence-electron chi connectivity index (χ0n) is 19.8. The van der Waals surface area contributed by atoms with E-state index in [1.807, 2.05) is 24.3 Å². The number of carbonyl (C=O) groups excluding carboxylic acids is 1. The maximum absolute atomic E-state index is 13.1. The fraction of sp³-hybridized carbons (Fsp3) is 0.0769. The number of nitrogens with one attached hydrogen (secondary N) is 2. The van der Waals surface area contributed by atoms with Gasteiger partial charge in [-0.3, -0.25) is 9.36 Å². The van der Waals surface area contributed by atoms with Gasteiger partial charge >= 0.3 is 6.18 Å². The van der Waals surface area contributed by atoms with Crippen LogP contribution in [0.1, 0.15) is 15.9 Å². The standard InChI is InChI=1S/C26H20F3N7O2/c1-38-19-10-15(24(37)33-17-6-4-5-16(11-17)26(27,28)29)9-18(12-19)34-25-35-20-7-2-3-8-21(20)36(25)23-13-22(30)31-14-32-23/h2-14H,1H3,(H,33,37)(H,34,35)(H2,30,31,32). The Kier molecular flexibility index (Phi) is 6.29. The molecule has 0 radical (unpaired) electrons. The lowest BCUT2D eigenvalue weighted by atomic mass is 10.1. The molecule has 0 spiro atoms. The van der Waals surface area contributed by atoms with E-state index in [-0.39, 0.29) is 17.1 Å². The number of imidazole rings is 1. The largest absolute Gasteiger partial charge is 0.497 e. The molecule has 9 nitrogen and oxygen atoms in total. The van der Waals surface area contributed by atoms with Crippen LogP contribution in [0, 0.1) is 0 Å². The van der Waals surface area contributed by atoms with Gasteiger partial charge in [0.2, 0.25) is 5.95 Å². The molecule has 5 aromatic rings. The van der Waals surface area contributed by atoms with Crippen LogP contribution in [0.4, 0.5) is 36.3 Å². The van der Waals surface area contributed by atoms with Gasteiger partial charge in [0.1, 0.15) is 23.7 Å². The summed E-state index contributed by atoms with van der Waals surface area (Å²) in [5.74, 6) is 0.844. The molecule has 3 aromatic carbocycles. The third kappa shape index (κ3) is 5.05. The molecule has 1 amide bonds. The number of nitrogens with two attached hydrogens (primary N) is 1. The first-order valence-electron chi connectivity index (χ1n) is 11.2. The molecule has 0 atom stereocenters. The van der Waals surface area contributed by atoms with E-state index >= 15 is 0 Å². The van der Waals surface area contributed by atoms with Gasteiger partial charge in [0.15, 0.2) is 0 Å². The van der Waals surface area contributed by atoms with Gasteiger partial charge < -0.3 is 21.1 Å². The summed E-state index contributed by atoms with van der Waals surface area (Å²) in [6.45, 7) is 0. The minimum atomic E-state index is -4.53. The van der Waals surface area contributed by atoms with E-state index in [0.717, 1.165) is 17.6 Å². The highest BCUT2D eigenvalue weighted by Gasteiger charge is 2.30. The Morgan fingerprint density at radius 2 is 1.79 bits per heavy atom. The number of carbonyl (C=O) groups is 1. The van der Waals surface area contributed by atoms with Gasteiger partial charge in [-0.15, -0.1) is 0 Å². The topological polar surface area (TPSA) is 120 Å². The number of benzene rings is 3. The smallest absolute Gasteiger partial charge is 0.416 e. The van der Waals surface area contributed by atoms with E-state index in [9.17, 15) is 18.0 Å². The highest BCUT2D eigenvalue weighted by molar-refractivity contribution is 6.05. The number of ether oxygens (including phenoxy) is 1. The first-order chi connectivity index (χ1) is 18.2. The van der Waals surface area contributed by atoms with Crippen LogP contribution < -0.4 is 21.1 Å². The van der Waals surface area contributed by atoms with Gasteiger partial charge in [-0.05, 0) is 42.5 Å². The second-order valence-electron chi connectivity index (χ2n) is 8.17. The lowest BCUT2D eigenvalue weighted by Gasteiger charge is -2.13. The summed E-state index contributed by atoms with van der Waals surface area (Å²) in [4.78, 5) is 25.9. The number of nitrogens with zero attached hydrogens (tertiary/aromatic N) is 4. The number of nitrogen functional groups attached to an aromatic ring is 1. The van der Waals surface area contributed by atoms with Crippen molar-refractivity contribution in [2.75, 3.05) is 23.5 Å². The molecule has 0 aliphatic rings. The lowest BCUT2D eigenvalue weighted by Crippen LogP contribution is -2.14. The molecule has 0 aliphatic carbocycles. The Morgan fingerprint density at radius 1 is 0.974 bits per heavy atom. The van der Waals surface area contributed by atoms with Gasteiger partial charge in [0.05, 0.1) is 23.7 Å². The highest BCUT2D eigenvalue weighted by atomic mass is 19.4. The Labute approximate surface area is 214 Å². The van der Waals surface area contributed by atoms with Gasteiger partial charge in [0, 0.05) is 29.1 Å². The maximum Gasteiger partial charge on any atom is 0.416 e. The van der Waals surface area contributed by atoms with Crippen molar-refractivity contribution in [3.8, 4) is 11.6 Å². The predicted octanol–water partition coefficient (Wildman–Crippen LogP) is 5.42. The quantitative estimate of drug-likeness (QED) is 0.274. The van der Waals surface area contributed by atoms with Crippen molar-refractivity contribution >= 4 is 40.1 Å². The zero-order valence-corrected chi connectivity index (χ0v) is 19.8. The molecule has 38 heavy (non-hydrogen) atoms. The monoisotopic (exact) mass is 519 g/mol. The van der Waals surface area contributed by atoms with Crippen LogP contribution in [0.25, 0.3) is 16.9 Å². The molecular formula is C26H20F3N7O2. The molecular weight excluding hydrogens is 499 g/mol. The summed E-state index contributed by atoms with van der Waals surface area (Å²) in [6.07, 6.45) is -3.20. The molecule has 0 unspecified atom stereocenters. The van der Waals surface area contributed by atoms with Gasteiger partial charge in [-0.2, -0.15) is 13.2 Å². The van der Waals surface area contributed by atoms with Crippen LogP contribution in [0.5, 0.6) is 5.75 Å². The third-order valence-electron chi connectivity index (χ3n) is 5.57. The van der Waals surface area contributed by atoms with Crippen molar-refractivity contribution in [2.24, 2.45) is 0 Å². The average Bonchev–Trinajstić information content (AvgIpc) is 3.25. The van der Waals surface area contributed by atoms with Gasteiger partial charge in [-0.25, -0.2) is 15.0 Å². The summed E-state index contributed by atoms with van der Waals surface area (Å²) in [7, 11) is 1.44. The van der Waals surface area contributed by atoms with Crippen LogP contribution >= 0.6 is 0 Å². The number of hydrogen-bond donors (Lipinski definition) is 3. The minimum absolute atomic E-state index is 0.00490. The van der Waals surface area contributed by atoms with Crippen LogP contribution in [0.15, 0.2) is 79.1 Å². The Morgan fingerprint density at radius 3 is 2.55 bits per heavy atom. The molecule has 192 valence electrons. The molecule has 2 aromatic heterocycles. The number of rotatable bonds is 6. The van der Waals surface area contributed by atoms with Crippen molar-refractivity contribution in [1.29, 1.82) is 0 Å². The maximum atomic E-state index is 13.1. The summed E-state index contributed by atoms with van der Waals surface area (Å²) in [5.41, 5.74) is 7.03. The summed E-state index contributed by atoms with van der Waals surface area (Å²) >= 11 is 0. The highest BCUT2D eigenvalue weighted by Crippen LogP contribution is 2.32. The van der Waals surface area contributed by atoms with E-state index in [4.69, 9.17) is 10.5 Å². The van der Waals surface area contributed by atoms with Crippen molar-refractivity contribution in [3.05, 3.63) is 90.3 Å². The van der Waals surface area contributed by atoms with E-state index in [0.29, 0.717) is 28.7 Å². The van der Waals surface area contributed by atoms with Crippen molar-refractivity contribution in [1.82, 2.24) is 19.5 Å². The molecule has 0 bridgehead atoms. The zero-order chi connectivity index (χ0) is 26.9. The van der Waals surface area contributed by atoms with Crippen LogP contribution in [0.2, 0.25) is 0 Å². The van der Waals surface area contributed by atoms with E-state index in [2.05, 4.69) is 25.6 Å². The van der Waals surface area contributed by atoms with E-state index < -0.39 is 17.6 Å². The Bertz CT molecular complexity index is 1650. The number of methoxy groups -OCH3 is 1. The van der Waals surface area contributed by atoms with E-state index in [1.54, 1.807) is 16.7 Å². The first-order valence-corrected chi connectivity index (χ1v) is 11.2. The molecule has 12 heteroatoms. The normalized spacial score (nSPS) is 11.4. The first kappa shape index (κ1) is 24.6. The van der Waals surface area contributed by atoms with Gasteiger partial charge in [0.25, 0.3) is 5.91 Å². The Balaban J connectivity index is 1.50. The molecule has 4 N–H and O–H groups in total. The number of aromatic nitrogens is 4. The molecule has 0 aliphatic heterocycles. The SMILES string of the molecule is COc1cc(Nc2nc3ccccc3n2-c2cc(N)ncn2)cc(C(=O)Nc2cccc(C(F)(F)F)c2)c1. The average molecular weight is 519 g/mol. The van der Waals surface area contributed by atoms with Gasteiger partial charge in [-0.1, -0.05) is 18.2 Å². The fourth-order valence-electron chi connectivity index (χ4n) is 3.85. The van der Waals surface area contributed by atoms with Crippen molar-refractivity contribution in [3.63, 3.8) is 0 Å². The summed E-state index contributed by atoms with van der Waals surface area (Å²) in [6, 6.07) is 18.1. The number of para-hydroxylation sites is 2. The third-order valence-corrected chi connectivity index (χ3v) is 5.57. The molecule has 0 saturated carbocycles. The summed E-state index contributed by atoms with van der Waals surface area (Å²) in [5, 5.41) is 5.69.